The number of aryl methyl sites for hydroxylation is 2. The van der Waals surface area contributed by atoms with Crippen LogP contribution in [-0.4, -0.2) is 12.5 Å². The van der Waals surface area contributed by atoms with Gasteiger partial charge in [0.05, 0.1) is 6.04 Å². The van der Waals surface area contributed by atoms with Crippen molar-refractivity contribution in [3.63, 3.8) is 0 Å². The fraction of sp³-hybridized carbons (Fsp3) is 0.533. The van der Waals surface area contributed by atoms with Gasteiger partial charge in [0.25, 0.3) is 0 Å². The van der Waals surface area contributed by atoms with Crippen LogP contribution < -0.4 is 11.1 Å². The van der Waals surface area contributed by atoms with Crippen molar-refractivity contribution in [3.8, 4) is 0 Å². The van der Waals surface area contributed by atoms with Crippen LogP contribution in [0.5, 0.6) is 0 Å². The van der Waals surface area contributed by atoms with Gasteiger partial charge in [-0.15, -0.1) is 0 Å². The summed E-state index contributed by atoms with van der Waals surface area (Å²) in [5, 5.41) is 3.05. The van der Waals surface area contributed by atoms with Gasteiger partial charge < -0.3 is 11.1 Å². The molecule has 3 nitrogen and oxygen atoms in total. The Labute approximate surface area is 110 Å². The van der Waals surface area contributed by atoms with Crippen LogP contribution in [0.3, 0.4) is 0 Å². The SMILES string of the molecule is Cc1ccc(C)c(C(C)NC(=O)C(C)CCN)c1. The third-order valence-corrected chi connectivity index (χ3v) is 3.31. The molecule has 0 spiro atoms. The monoisotopic (exact) mass is 248 g/mol. The lowest BCUT2D eigenvalue weighted by Gasteiger charge is -2.19. The molecule has 1 aromatic carbocycles. The molecule has 18 heavy (non-hydrogen) atoms. The van der Waals surface area contributed by atoms with Gasteiger partial charge in [0.1, 0.15) is 0 Å². The van der Waals surface area contributed by atoms with Gasteiger partial charge in [-0.1, -0.05) is 30.7 Å². The second-order valence-electron chi connectivity index (χ2n) is 5.07. The molecule has 0 aromatic heterocycles. The second-order valence-corrected chi connectivity index (χ2v) is 5.07. The zero-order valence-electron chi connectivity index (χ0n) is 11.8. The van der Waals surface area contributed by atoms with Crippen LogP contribution >= 0.6 is 0 Å². The lowest BCUT2D eigenvalue weighted by molar-refractivity contribution is -0.125. The van der Waals surface area contributed by atoms with Gasteiger partial charge in [0, 0.05) is 5.92 Å². The number of amides is 1. The summed E-state index contributed by atoms with van der Waals surface area (Å²) in [4.78, 5) is 11.9. The Hall–Kier alpha value is -1.35. The Morgan fingerprint density at radius 3 is 2.61 bits per heavy atom. The largest absolute Gasteiger partial charge is 0.349 e. The maximum atomic E-state index is 11.9. The zero-order chi connectivity index (χ0) is 13.7. The number of carbonyl (C=O) groups excluding carboxylic acids is 1. The predicted octanol–water partition coefficient (Wildman–Crippen LogP) is 2.47. The highest BCUT2D eigenvalue weighted by Gasteiger charge is 2.16. The third kappa shape index (κ3) is 3.84. The molecule has 2 atom stereocenters. The number of hydrogen-bond donors (Lipinski definition) is 2. The quantitative estimate of drug-likeness (QED) is 0.841. The second kappa shape index (κ2) is 6.55. The molecule has 0 fully saturated rings. The van der Waals surface area contributed by atoms with Crippen LogP contribution in [0.2, 0.25) is 0 Å². The molecule has 0 aliphatic carbocycles. The smallest absolute Gasteiger partial charge is 0.223 e. The van der Waals surface area contributed by atoms with Gasteiger partial charge in [-0.25, -0.2) is 0 Å². The highest BCUT2D eigenvalue weighted by molar-refractivity contribution is 5.78. The maximum absolute atomic E-state index is 11.9. The van der Waals surface area contributed by atoms with Crippen molar-refractivity contribution in [2.24, 2.45) is 11.7 Å². The fourth-order valence-electron chi connectivity index (χ4n) is 2.04. The number of rotatable bonds is 5. The number of benzene rings is 1. The van der Waals surface area contributed by atoms with Gasteiger partial charge in [-0.05, 0) is 44.9 Å². The molecule has 0 saturated heterocycles. The summed E-state index contributed by atoms with van der Waals surface area (Å²) in [6.07, 6.45) is 0.728. The van der Waals surface area contributed by atoms with E-state index in [0.717, 1.165) is 6.42 Å². The average molecular weight is 248 g/mol. The van der Waals surface area contributed by atoms with Crippen molar-refractivity contribution in [2.45, 2.75) is 40.2 Å². The highest BCUT2D eigenvalue weighted by atomic mass is 16.1. The average Bonchev–Trinajstić information content (AvgIpc) is 2.32. The molecular weight excluding hydrogens is 224 g/mol. The summed E-state index contributed by atoms with van der Waals surface area (Å²) in [6.45, 7) is 8.62. The van der Waals surface area contributed by atoms with Crippen molar-refractivity contribution in [1.29, 1.82) is 0 Å². The van der Waals surface area contributed by atoms with E-state index in [1.807, 2.05) is 13.8 Å². The minimum absolute atomic E-state index is 0.0254. The van der Waals surface area contributed by atoms with E-state index >= 15 is 0 Å². The summed E-state index contributed by atoms with van der Waals surface area (Å²) >= 11 is 0. The van der Waals surface area contributed by atoms with Crippen LogP contribution in [0.15, 0.2) is 18.2 Å². The first-order valence-electron chi connectivity index (χ1n) is 6.53. The lowest BCUT2D eigenvalue weighted by atomic mass is 9.99. The minimum atomic E-state index is -0.0254. The Morgan fingerprint density at radius 1 is 1.33 bits per heavy atom. The Kier molecular flexibility index (Phi) is 5.35. The summed E-state index contributed by atoms with van der Waals surface area (Å²) < 4.78 is 0. The standard InChI is InChI=1S/C15H24N2O/c1-10-5-6-11(2)14(9-10)13(4)17-15(18)12(3)7-8-16/h5-6,9,12-13H,7-8,16H2,1-4H3,(H,17,18). The van der Waals surface area contributed by atoms with E-state index in [4.69, 9.17) is 5.73 Å². The molecule has 0 aliphatic rings. The topological polar surface area (TPSA) is 55.1 Å². The van der Waals surface area contributed by atoms with Gasteiger partial charge >= 0.3 is 0 Å². The fourth-order valence-corrected chi connectivity index (χ4v) is 2.04. The van der Waals surface area contributed by atoms with Crippen molar-refractivity contribution in [1.82, 2.24) is 5.32 Å². The van der Waals surface area contributed by atoms with E-state index < -0.39 is 0 Å². The molecule has 0 aliphatic heterocycles. The van der Waals surface area contributed by atoms with Gasteiger partial charge in [-0.3, -0.25) is 4.79 Å². The molecule has 3 N–H and O–H groups in total. The normalized spacial score (nSPS) is 14.1. The maximum Gasteiger partial charge on any atom is 0.223 e. The first-order valence-corrected chi connectivity index (χ1v) is 6.53. The summed E-state index contributed by atoms with van der Waals surface area (Å²) in [7, 11) is 0. The van der Waals surface area contributed by atoms with Crippen LogP contribution in [0, 0.1) is 19.8 Å². The zero-order valence-corrected chi connectivity index (χ0v) is 11.8. The molecule has 100 valence electrons. The number of nitrogens with one attached hydrogen (secondary N) is 1. The Morgan fingerprint density at radius 2 is 2.00 bits per heavy atom. The molecule has 1 rings (SSSR count). The van der Waals surface area contributed by atoms with E-state index in [-0.39, 0.29) is 17.9 Å². The van der Waals surface area contributed by atoms with Gasteiger partial charge in [-0.2, -0.15) is 0 Å². The molecule has 0 bridgehead atoms. The Balaban J connectivity index is 2.73. The van der Waals surface area contributed by atoms with Crippen LogP contribution in [0.25, 0.3) is 0 Å². The van der Waals surface area contributed by atoms with E-state index in [1.165, 1.54) is 16.7 Å². The van der Waals surface area contributed by atoms with Gasteiger partial charge in [0.2, 0.25) is 5.91 Å². The van der Waals surface area contributed by atoms with Crippen molar-refractivity contribution < 1.29 is 4.79 Å². The third-order valence-electron chi connectivity index (χ3n) is 3.31. The van der Waals surface area contributed by atoms with Crippen molar-refractivity contribution >= 4 is 5.91 Å². The molecule has 1 amide bonds. The first kappa shape index (κ1) is 14.7. The van der Waals surface area contributed by atoms with E-state index in [0.29, 0.717) is 6.54 Å². The van der Waals surface area contributed by atoms with E-state index in [2.05, 4.69) is 37.4 Å². The number of carbonyl (C=O) groups is 1. The number of nitrogens with two attached hydrogens (primary N) is 1. The minimum Gasteiger partial charge on any atom is -0.349 e. The van der Waals surface area contributed by atoms with Crippen LogP contribution in [0.1, 0.15) is 43.0 Å². The van der Waals surface area contributed by atoms with Crippen molar-refractivity contribution in [3.05, 3.63) is 34.9 Å². The summed E-state index contributed by atoms with van der Waals surface area (Å²) in [6, 6.07) is 6.35. The van der Waals surface area contributed by atoms with Crippen LogP contribution in [-0.2, 0) is 4.79 Å². The molecule has 3 heteroatoms. The molecular formula is C15H24N2O. The molecule has 0 saturated carbocycles. The Bertz CT molecular complexity index is 415. The molecule has 0 radical (unpaired) electrons. The van der Waals surface area contributed by atoms with E-state index in [1.54, 1.807) is 0 Å². The summed E-state index contributed by atoms with van der Waals surface area (Å²) in [5.41, 5.74) is 9.08. The van der Waals surface area contributed by atoms with Crippen LogP contribution in [0.4, 0.5) is 0 Å². The first-order chi connectivity index (χ1) is 8.45. The molecule has 0 heterocycles. The predicted molar refractivity (Wildman–Crippen MR) is 75.3 cm³/mol. The van der Waals surface area contributed by atoms with Gasteiger partial charge in [0.15, 0.2) is 0 Å². The molecule has 2 unspecified atom stereocenters. The lowest BCUT2D eigenvalue weighted by Crippen LogP contribution is -2.32. The number of hydrogen-bond acceptors (Lipinski definition) is 2. The van der Waals surface area contributed by atoms with Crippen molar-refractivity contribution in [2.75, 3.05) is 6.54 Å². The van der Waals surface area contributed by atoms with E-state index in [9.17, 15) is 4.79 Å². The molecule has 1 aromatic rings. The highest BCUT2D eigenvalue weighted by Crippen LogP contribution is 2.19. The summed E-state index contributed by atoms with van der Waals surface area (Å²) in [5.74, 6) is 0.0522.